The molecule has 5 heteroatoms. The van der Waals surface area contributed by atoms with Crippen molar-refractivity contribution in [2.75, 3.05) is 31.5 Å². The predicted octanol–water partition coefficient (Wildman–Crippen LogP) is 3.38. The van der Waals surface area contributed by atoms with Crippen molar-refractivity contribution >= 4 is 22.4 Å². The number of piperazine rings is 1. The minimum atomic E-state index is -0.150. The van der Waals surface area contributed by atoms with Crippen LogP contribution in [0.5, 0.6) is 0 Å². The zero-order valence-electron chi connectivity index (χ0n) is 16.2. The number of hydrogen-bond acceptors (Lipinski definition) is 4. The zero-order valence-corrected chi connectivity index (χ0v) is 16.2. The molecule has 0 spiro atoms. The van der Waals surface area contributed by atoms with Gasteiger partial charge in [0.2, 0.25) is 5.91 Å². The maximum atomic E-state index is 12.7. The van der Waals surface area contributed by atoms with Gasteiger partial charge in [0.25, 0.3) is 0 Å². The molecule has 28 heavy (non-hydrogen) atoms. The lowest BCUT2D eigenvalue weighted by atomic mass is 10.1. The van der Waals surface area contributed by atoms with Crippen LogP contribution < -0.4 is 5.32 Å². The van der Waals surface area contributed by atoms with Crippen molar-refractivity contribution in [3.63, 3.8) is 0 Å². The Morgan fingerprint density at radius 2 is 1.75 bits per heavy atom. The normalized spacial score (nSPS) is 16.8. The average Bonchev–Trinajstić information content (AvgIpc) is 2.74. The molecule has 0 saturated carbocycles. The van der Waals surface area contributed by atoms with Crippen LogP contribution >= 0.6 is 0 Å². The molecule has 1 saturated heterocycles. The van der Waals surface area contributed by atoms with Gasteiger partial charge in [0.1, 0.15) is 0 Å². The molecule has 0 bridgehead atoms. The summed E-state index contributed by atoms with van der Waals surface area (Å²) in [6.45, 7) is 6.53. The molecule has 1 fully saturated rings. The number of fused-ring (bicyclic) bond motifs is 1. The number of hydrogen-bond donors (Lipinski definition) is 1. The van der Waals surface area contributed by atoms with E-state index in [0.717, 1.165) is 49.5 Å². The molecule has 1 aromatic heterocycles. The molecule has 4 rings (SSSR count). The maximum Gasteiger partial charge on any atom is 0.241 e. The van der Waals surface area contributed by atoms with E-state index in [4.69, 9.17) is 0 Å². The highest BCUT2D eigenvalue weighted by Gasteiger charge is 2.25. The quantitative estimate of drug-likeness (QED) is 0.744. The van der Waals surface area contributed by atoms with Crippen molar-refractivity contribution in [3.8, 4) is 0 Å². The number of nitrogens with one attached hydrogen (secondary N) is 1. The Morgan fingerprint density at radius 3 is 2.50 bits per heavy atom. The van der Waals surface area contributed by atoms with E-state index >= 15 is 0 Å². The van der Waals surface area contributed by atoms with Crippen molar-refractivity contribution in [1.29, 1.82) is 0 Å². The van der Waals surface area contributed by atoms with Gasteiger partial charge in [0, 0.05) is 44.6 Å². The van der Waals surface area contributed by atoms with Crippen LogP contribution in [-0.4, -0.2) is 52.9 Å². The molecule has 2 aromatic carbocycles. The van der Waals surface area contributed by atoms with Crippen molar-refractivity contribution in [3.05, 3.63) is 72.6 Å². The number of carbonyl (C=O) groups is 1. The van der Waals surface area contributed by atoms with Gasteiger partial charge in [-0.25, -0.2) is 0 Å². The molecule has 0 radical (unpaired) electrons. The molecule has 1 N–H and O–H groups in total. The number of nitrogens with zero attached hydrogens (tertiary/aromatic N) is 3. The lowest BCUT2D eigenvalue weighted by molar-refractivity contribution is -0.121. The van der Waals surface area contributed by atoms with E-state index in [0.29, 0.717) is 0 Å². The number of aromatic nitrogens is 1. The molecule has 1 aliphatic rings. The van der Waals surface area contributed by atoms with E-state index < -0.39 is 0 Å². The van der Waals surface area contributed by atoms with Crippen LogP contribution in [0.3, 0.4) is 0 Å². The summed E-state index contributed by atoms with van der Waals surface area (Å²) in [5.41, 5.74) is 1.95. The number of benzene rings is 2. The highest BCUT2D eigenvalue weighted by molar-refractivity contribution is 5.97. The molecular formula is C23H26N4O. The van der Waals surface area contributed by atoms with Crippen LogP contribution in [0.25, 0.3) is 10.8 Å². The molecule has 1 unspecified atom stereocenters. The summed E-state index contributed by atoms with van der Waals surface area (Å²) in [5.74, 6) is 0.0495. The Balaban J connectivity index is 1.31. The second kappa shape index (κ2) is 8.50. The topological polar surface area (TPSA) is 48.5 Å². The minimum absolute atomic E-state index is 0.0495. The van der Waals surface area contributed by atoms with Gasteiger partial charge in [-0.05, 0) is 42.0 Å². The number of rotatable bonds is 5. The highest BCUT2D eigenvalue weighted by atomic mass is 16.2. The van der Waals surface area contributed by atoms with Gasteiger partial charge < -0.3 is 5.32 Å². The smallest absolute Gasteiger partial charge is 0.241 e. The van der Waals surface area contributed by atoms with Gasteiger partial charge in [-0.3, -0.25) is 19.6 Å². The van der Waals surface area contributed by atoms with E-state index in [1.165, 1.54) is 5.39 Å². The number of carbonyl (C=O) groups excluding carboxylic acids is 1. The van der Waals surface area contributed by atoms with E-state index in [9.17, 15) is 4.79 Å². The number of pyridine rings is 1. The summed E-state index contributed by atoms with van der Waals surface area (Å²) in [7, 11) is 0. The Kier molecular flexibility index (Phi) is 5.65. The molecule has 1 aliphatic heterocycles. The summed E-state index contributed by atoms with van der Waals surface area (Å²) in [6, 6.07) is 20.1. The average molecular weight is 374 g/mol. The van der Waals surface area contributed by atoms with Gasteiger partial charge in [-0.2, -0.15) is 0 Å². The monoisotopic (exact) mass is 374 g/mol. The lowest BCUT2D eigenvalue weighted by Gasteiger charge is -2.37. The summed E-state index contributed by atoms with van der Waals surface area (Å²) < 4.78 is 0. The van der Waals surface area contributed by atoms with Crippen molar-refractivity contribution in [2.45, 2.75) is 19.5 Å². The second-order valence-corrected chi connectivity index (χ2v) is 7.36. The minimum Gasteiger partial charge on any atom is -0.325 e. The van der Waals surface area contributed by atoms with Crippen LogP contribution in [0.1, 0.15) is 12.6 Å². The van der Waals surface area contributed by atoms with Gasteiger partial charge >= 0.3 is 0 Å². The first-order valence-electron chi connectivity index (χ1n) is 9.85. The van der Waals surface area contributed by atoms with Crippen molar-refractivity contribution in [1.82, 2.24) is 14.8 Å². The van der Waals surface area contributed by atoms with Crippen LogP contribution in [0, 0.1) is 0 Å². The fourth-order valence-electron chi connectivity index (χ4n) is 3.71. The van der Waals surface area contributed by atoms with Crippen molar-refractivity contribution < 1.29 is 4.79 Å². The summed E-state index contributed by atoms with van der Waals surface area (Å²) in [4.78, 5) is 21.8. The van der Waals surface area contributed by atoms with E-state index in [-0.39, 0.29) is 11.9 Å². The van der Waals surface area contributed by atoms with E-state index in [2.05, 4.69) is 38.3 Å². The summed E-state index contributed by atoms with van der Waals surface area (Å²) >= 11 is 0. The van der Waals surface area contributed by atoms with Gasteiger partial charge in [-0.15, -0.1) is 0 Å². The van der Waals surface area contributed by atoms with Gasteiger partial charge in [0.05, 0.1) is 11.7 Å². The summed E-state index contributed by atoms with van der Waals surface area (Å²) in [6.07, 6.45) is 1.84. The standard InChI is InChI=1S/C23H26N4O/c1-18(23(28)25-21-10-9-19-6-2-3-7-20(19)16-21)27-14-12-26(13-15-27)17-22-8-4-5-11-24-22/h2-11,16,18H,12-15,17H2,1H3,(H,25,28). The van der Waals surface area contributed by atoms with Crippen LogP contribution in [0.15, 0.2) is 66.9 Å². The Bertz CT molecular complexity index is 935. The fraction of sp³-hybridized carbons (Fsp3) is 0.304. The zero-order chi connectivity index (χ0) is 19.3. The largest absolute Gasteiger partial charge is 0.325 e. The first kappa shape index (κ1) is 18.6. The van der Waals surface area contributed by atoms with Crippen LogP contribution in [-0.2, 0) is 11.3 Å². The van der Waals surface area contributed by atoms with E-state index in [1.807, 2.05) is 55.6 Å². The third-order valence-corrected chi connectivity index (χ3v) is 5.46. The highest BCUT2D eigenvalue weighted by Crippen LogP contribution is 2.19. The molecule has 144 valence electrons. The van der Waals surface area contributed by atoms with Gasteiger partial charge in [0.15, 0.2) is 0 Å². The first-order valence-corrected chi connectivity index (χ1v) is 9.85. The second-order valence-electron chi connectivity index (χ2n) is 7.36. The molecule has 1 amide bonds. The SMILES string of the molecule is CC(C(=O)Nc1ccc2ccccc2c1)N1CCN(Cc2ccccn2)CC1. The molecule has 5 nitrogen and oxygen atoms in total. The molecular weight excluding hydrogens is 348 g/mol. The molecule has 2 heterocycles. The maximum absolute atomic E-state index is 12.7. The van der Waals surface area contributed by atoms with E-state index in [1.54, 1.807) is 0 Å². The third kappa shape index (κ3) is 4.38. The number of amides is 1. The number of anilines is 1. The third-order valence-electron chi connectivity index (χ3n) is 5.46. The predicted molar refractivity (Wildman–Crippen MR) is 113 cm³/mol. The van der Waals surface area contributed by atoms with Crippen molar-refractivity contribution in [2.24, 2.45) is 0 Å². The molecule has 3 aromatic rings. The summed E-state index contributed by atoms with van der Waals surface area (Å²) in [5, 5.41) is 5.39. The van der Waals surface area contributed by atoms with Crippen LogP contribution in [0.2, 0.25) is 0 Å². The fourth-order valence-corrected chi connectivity index (χ4v) is 3.71. The molecule has 1 atom stereocenters. The lowest BCUT2D eigenvalue weighted by Crippen LogP contribution is -2.52. The van der Waals surface area contributed by atoms with Gasteiger partial charge in [-0.1, -0.05) is 36.4 Å². The Labute approximate surface area is 166 Å². The Morgan fingerprint density at radius 1 is 1.00 bits per heavy atom. The Hall–Kier alpha value is -2.76. The molecule has 0 aliphatic carbocycles. The van der Waals surface area contributed by atoms with Crippen LogP contribution in [0.4, 0.5) is 5.69 Å². The first-order chi connectivity index (χ1) is 13.7.